The molecular weight excluding hydrogens is 384 g/mol. The summed E-state index contributed by atoms with van der Waals surface area (Å²) in [5.74, 6) is -3.01. The van der Waals surface area contributed by atoms with Crippen LogP contribution in [0, 0.1) is 11.7 Å². The van der Waals surface area contributed by atoms with Crippen molar-refractivity contribution in [1.82, 2.24) is 5.32 Å². The van der Waals surface area contributed by atoms with Gasteiger partial charge in [-0.2, -0.15) is 0 Å². The number of halogens is 3. The second-order valence-electron chi connectivity index (χ2n) is 5.54. The maximum atomic E-state index is 13.1. The lowest BCUT2D eigenvalue weighted by atomic mass is 10.0. The topological polar surface area (TPSA) is 78.5 Å². The maximum Gasteiger partial charge on any atom is 0.328 e. The highest BCUT2D eigenvalue weighted by atomic mass is 35.5. The number of hydrogen-bond acceptors (Lipinski definition) is 3. The van der Waals surface area contributed by atoms with Crippen LogP contribution >= 0.6 is 23.2 Å². The van der Waals surface area contributed by atoms with Crippen LogP contribution in [-0.2, 0) is 9.59 Å². The van der Waals surface area contributed by atoms with Crippen LogP contribution in [0.5, 0.6) is 0 Å². The molecule has 0 bridgehead atoms. The summed E-state index contributed by atoms with van der Waals surface area (Å²) in [6, 6.07) is 8.58. The third-order valence-electron chi connectivity index (χ3n) is 3.71. The van der Waals surface area contributed by atoms with E-state index < -0.39 is 29.6 Å². The summed E-state index contributed by atoms with van der Waals surface area (Å²) < 4.78 is 13.1. The number of carbonyl (C=O) groups is 3. The predicted molar refractivity (Wildman–Crippen MR) is 95.9 cm³/mol. The summed E-state index contributed by atoms with van der Waals surface area (Å²) in [7, 11) is 0. The van der Waals surface area contributed by atoms with Crippen LogP contribution in [0.15, 0.2) is 42.5 Å². The van der Waals surface area contributed by atoms with E-state index in [1.165, 1.54) is 30.3 Å². The fourth-order valence-corrected chi connectivity index (χ4v) is 3.03. The van der Waals surface area contributed by atoms with Crippen molar-refractivity contribution in [2.75, 3.05) is 16.8 Å². The smallest absolute Gasteiger partial charge is 0.328 e. The molecule has 1 unspecified atom stereocenters. The van der Waals surface area contributed by atoms with Gasteiger partial charge >= 0.3 is 6.03 Å². The van der Waals surface area contributed by atoms with Gasteiger partial charge in [-0.15, -0.1) is 0 Å². The fraction of sp³-hybridized carbons (Fsp3) is 0.118. The zero-order valence-corrected chi connectivity index (χ0v) is 14.6. The lowest BCUT2D eigenvalue weighted by Crippen LogP contribution is -2.58. The summed E-state index contributed by atoms with van der Waals surface area (Å²) in [4.78, 5) is 38.0. The monoisotopic (exact) mass is 395 g/mol. The first kappa shape index (κ1) is 18.2. The van der Waals surface area contributed by atoms with Gasteiger partial charge < -0.3 is 10.6 Å². The Hall–Kier alpha value is -2.64. The van der Waals surface area contributed by atoms with Gasteiger partial charge in [0.2, 0.25) is 11.8 Å². The number of rotatable bonds is 3. The van der Waals surface area contributed by atoms with E-state index in [0.717, 1.165) is 17.0 Å². The van der Waals surface area contributed by atoms with E-state index in [4.69, 9.17) is 23.2 Å². The van der Waals surface area contributed by atoms with Crippen LogP contribution in [0.4, 0.5) is 20.6 Å². The number of carbonyl (C=O) groups excluding carboxylic acids is 3. The molecule has 134 valence electrons. The minimum absolute atomic E-state index is 0.157. The molecular formula is C17H12Cl2FN3O3. The van der Waals surface area contributed by atoms with Crippen molar-refractivity contribution >= 4 is 52.4 Å². The van der Waals surface area contributed by atoms with Crippen molar-refractivity contribution in [3.05, 3.63) is 58.3 Å². The second kappa shape index (κ2) is 7.31. The van der Waals surface area contributed by atoms with E-state index >= 15 is 0 Å². The van der Waals surface area contributed by atoms with Gasteiger partial charge in [-0.3, -0.25) is 9.59 Å². The number of anilines is 2. The average Bonchev–Trinajstić information content (AvgIpc) is 2.55. The van der Waals surface area contributed by atoms with Crippen molar-refractivity contribution in [1.29, 1.82) is 0 Å². The van der Waals surface area contributed by atoms with Crippen LogP contribution in [0.2, 0.25) is 10.0 Å². The number of urea groups is 1. The van der Waals surface area contributed by atoms with Crippen molar-refractivity contribution in [3.8, 4) is 0 Å². The third kappa shape index (κ3) is 3.79. The molecule has 0 aromatic heterocycles. The Labute approximate surface area is 157 Å². The zero-order valence-electron chi connectivity index (χ0n) is 13.1. The third-order valence-corrected chi connectivity index (χ3v) is 4.15. The zero-order chi connectivity index (χ0) is 18.8. The largest absolute Gasteiger partial charge is 0.336 e. The van der Waals surface area contributed by atoms with Gasteiger partial charge in [0, 0.05) is 22.3 Å². The minimum Gasteiger partial charge on any atom is -0.336 e. The van der Waals surface area contributed by atoms with Gasteiger partial charge in [-0.25, -0.2) is 14.1 Å². The number of imide groups is 1. The van der Waals surface area contributed by atoms with Crippen molar-refractivity contribution < 1.29 is 18.8 Å². The molecule has 3 rings (SSSR count). The number of amides is 4. The van der Waals surface area contributed by atoms with E-state index in [1.54, 1.807) is 0 Å². The summed E-state index contributed by atoms with van der Waals surface area (Å²) in [6.45, 7) is -0.157. The highest BCUT2D eigenvalue weighted by Gasteiger charge is 2.39. The molecule has 26 heavy (non-hydrogen) atoms. The van der Waals surface area contributed by atoms with Gasteiger partial charge in [0.15, 0.2) is 0 Å². The second-order valence-corrected chi connectivity index (χ2v) is 6.41. The summed E-state index contributed by atoms with van der Waals surface area (Å²) in [5.41, 5.74) is 0.489. The fourth-order valence-electron chi connectivity index (χ4n) is 2.51. The van der Waals surface area contributed by atoms with Gasteiger partial charge in [0.05, 0.1) is 5.69 Å². The molecule has 1 heterocycles. The molecule has 2 aromatic rings. The van der Waals surface area contributed by atoms with Crippen LogP contribution in [0.1, 0.15) is 0 Å². The van der Waals surface area contributed by atoms with Gasteiger partial charge in [-0.05, 0) is 42.5 Å². The highest BCUT2D eigenvalue weighted by molar-refractivity contribution is 6.35. The molecule has 9 heteroatoms. The molecule has 2 N–H and O–H groups in total. The van der Waals surface area contributed by atoms with Crippen molar-refractivity contribution in [2.45, 2.75) is 0 Å². The lowest BCUT2D eigenvalue weighted by molar-refractivity contribution is -0.130. The number of nitrogens with one attached hydrogen (secondary N) is 2. The summed E-state index contributed by atoms with van der Waals surface area (Å²) >= 11 is 11.8. The number of hydrogen-bond donors (Lipinski definition) is 2. The first-order valence-electron chi connectivity index (χ1n) is 7.49. The first-order chi connectivity index (χ1) is 12.3. The number of benzene rings is 2. The molecule has 1 saturated heterocycles. The lowest BCUT2D eigenvalue weighted by Gasteiger charge is -2.30. The van der Waals surface area contributed by atoms with E-state index in [2.05, 4.69) is 10.6 Å². The van der Waals surface area contributed by atoms with Crippen LogP contribution in [-0.4, -0.2) is 24.4 Å². The van der Waals surface area contributed by atoms with Crippen LogP contribution in [0.25, 0.3) is 0 Å². The Morgan fingerprint density at radius 3 is 2.35 bits per heavy atom. The quantitative estimate of drug-likeness (QED) is 0.781. The Balaban J connectivity index is 1.81. The summed E-state index contributed by atoms with van der Waals surface area (Å²) in [5, 5.41) is 5.67. The Bertz CT molecular complexity index is 869. The molecule has 0 saturated carbocycles. The van der Waals surface area contributed by atoms with E-state index in [1.807, 2.05) is 0 Å². The normalized spacial score (nSPS) is 17.0. The molecule has 0 aliphatic carbocycles. The molecule has 2 aromatic carbocycles. The van der Waals surface area contributed by atoms with Crippen LogP contribution in [0.3, 0.4) is 0 Å². The number of nitrogens with zero attached hydrogens (tertiary/aromatic N) is 1. The van der Waals surface area contributed by atoms with E-state index in [9.17, 15) is 18.8 Å². The van der Waals surface area contributed by atoms with E-state index in [0.29, 0.717) is 15.7 Å². The standard InChI is InChI=1S/C17H12Cl2FN3O3/c18-9-5-10(19)7-12(6-9)22-15(24)14-8-21-17(26)23(16(14)25)13-3-1-11(20)2-4-13/h1-7,14H,8H2,(H,21,26)(H,22,24). The SMILES string of the molecule is O=C(Nc1cc(Cl)cc(Cl)c1)C1CNC(=O)N(c2ccc(F)cc2)C1=O. The van der Waals surface area contributed by atoms with Crippen LogP contribution < -0.4 is 15.5 Å². The Morgan fingerprint density at radius 1 is 1.12 bits per heavy atom. The maximum absolute atomic E-state index is 13.1. The molecule has 4 amide bonds. The van der Waals surface area contributed by atoms with Crippen molar-refractivity contribution in [2.24, 2.45) is 5.92 Å². The molecule has 6 nitrogen and oxygen atoms in total. The summed E-state index contributed by atoms with van der Waals surface area (Å²) in [6.07, 6.45) is 0. The molecule has 1 aliphatic rings. The Morgan fingerprint density at radius 2 is 1.73 bits per heavy atom. The van der Waals surface area contributed by atoms with Gasteiger partial charge in [0.25, 0.3) is 0 Å². The molecule has 1 aliphatic heterocycles. The Kier molecular flexibility index (Phi) is 5.11. The van der Waals surface area contributed by atoms with Crippen molar-refractivity contribution in [3.63, 3.8) is 0 Å². The highest BCUT2D eigenvalue weighted by Crippen LogP contribution is 2.24. The molecule has 1 atom stereocenters. The first-order valence-corrected chi connectivity index (χ1v) is 8.25. The average molecular weight is 396 g/mol. The van der Waals surface area contributed by atoms with Gasteiger partial charge in [-0.1, -0.05) is 23.2 Å². The molecule has 1 fully saturated rings. The van der Waals surface area contributed by atoms with E-state index in [-0.39, 0.29) is 12.2 Å². The van der Waals surface area contributed by atoms with Gasteiger partial charge in [0.1, 0.15) is 11.7 Å². The predicted octanol–water partition coefficient (Wildman–Crippen LogP) is 3.44. The molecule has 0 radical (unpaired) electrons. The molecule has 0 spiro atoms. The minimum atomic E-state index is -1.16.